The van der Waals surface area contributed by atoms with Crippen molar-refractivity contribution in [3.63, 3.8) is 0 Å². The van der Waals surface area contributed by atoms with E-state index in [0.717, 1.165) is 66.1 Å². The van der Waals surface area contributed by atoms with Gasteiger partial charge in [-0.2, -0.15) is 0 Å². The quantitative estimate of drug-likeness (QED) is 0.246. The fourth-order valence-corrected chi connectivity index (χ4v) is 8.43. The van der Waals surface area contributed by atoms with Crippen molar-refractivity contribution in [2.75, 3.05) is 0 Å². The lowest BCUT2D eigenvalue weighted by molar-refractivity contribution is 0.0249. The van der Waals surface area contributed by atoms with Crippen molar-refractivity contribution in [1.29, 1.82) is 0 Å². The van der Waals surface area contributed by atoms with E-state index in [2.05, 4.69) is 39.8 Å². The van der Waals surface area contributed by atoms with Gasteiger partial charge in [-0.15, -0.1) is 0 Å². The third kappa shape index (κ3) is 5.70. The van der Waals surface area contributed by atoms with Gasteiger partial charge in [-0.1, -0.05) is 45.9 Å². The fourth-order valence-electron chi connectivity index (χ4n) is 6.32. The van der Waals surface area contributed by atoms with Crippen LogP contribution in [0.25, 0.3) is 0 Å². The average Bonchev–Trinajstić information content (AvgIpc) is 3.60. The number of hydrogen-bond acceptors (Lipinski definition) is 2. The largest absolute Gasteiger partial charge is 0.484 e. The SMILES string of the molecule is CC(C)C1(Oc2cc([S+](c3ccccc3)c3ccc(F)c(OC4(C(C)C)CCCC4)c3)ccc2F)CCCC1. The molecule has 208 valence electrons. The minimum Gasteiger partial charge on any atom is -0.484 e. The summed E-state index contributed by atoms with van der Waals surface area (Å²) in [7, 11) is -0.600. The molecule has 0 bridgehead atoms. The summed E-state index contributed by atoms with van der Waals surface area (Å²) in [5.74, 6) is 0.503. The molecule has 2 saturated carbocycles. The minimum atomic E-state index is -0.600. The Kier molecular flexibility index (Phi) is 8.28. The van der Waals surface area contributed by atoms with E-state index in [1.54, 1.807) is 0 Å². The van der Waals surface area contributed by atoms with Crippen LogP contribution in [0.15, 0.2) is 81.4 Å². The molecule has 2 aliphatic rings. The molecule has 0 heterocycles. The smallest absolute Gasteiger partial charge is 0.170 e. The van der Waals surface area contributed by atoms with Crippen LogP contribution in [-0.2, 0) is 10.9 Å². The highest BCUT2D eigenvalue weighted by molar-refractivity contribution is 7.97. The lowest BCUT2D eigenvalue weighted by atomic mass is 9.88. The number of ether oxygens (including phenoxy) is 2. The van der Waals surface area contributed by atoms with E-state index in [1.165, 1.54) is 12.1 Å². The molecule has 3 aromatic carbocycles. The molecule has 0 unspecified atom stereocenters. The topological polar surface area (TPSA) is 18.5 Å². The highest BCUT2D eigenvalue weighted by atomic mass is 32.2. The predicted octanol–water partition coefficient (Wildman–Crippen LogP) is 9.76. The Balaban J connectivity index is 1.56. The van der Waals surface area contributed by atoms with Gasteiger partial charge in [0, 0.05) is 12.1 Å². The minimum absolute atomic E-state index is 0.288. The Morgan fingerprint density at radius 3 is 1.38 bits per heavy atom. The molecule has 0 atom stereocenters. The molecule has 0 aromatic heterocycles. The molecule has 2 aliphatic carbocycles. The first-order valence-corrected chi connectivity index (χ1v) is 15.7. The Bertz CT molecular complexity index is 1180. The van der Waals surface area contributed by atoms with Crippen LogP contribution < -0.4 is 9.47 Å². The standard InChI is InChI=1S/C34H41F2O2S/c1-24(2)33(18-8-9-19-33)37-31-22-27(14-16-29(31)35)39(26-12-6-5-7-13-26)28-15-17-30(36)32(23-28)38-34(25(3)4)20-10-11-21-34/h5-7,12-17,22-25H,8-11,18-21H2,1-4H3/q+1. The zero-order valence-corrected chi connectivity index (χ0v) is 24.5. The van der Waals surface area contributed by atoms with Crippen molar-refractivity contribution < 1.29 is 18.3 Å². The lowest BCUT2D eigenvalue weighted by Crippen LogP contribution is -2.38. The molecule has 39 heavy (non-hydrogen) atoms. The first-order chi connectivity index (χ1) is 18.7. The molecule has 0 spiro atoms. The summed E-state index contributed by atoms with van der Waals surface area (Å²) in [5.41, 5.74) is -0.678. The first-order valence-electron chi connectivity index (χ1n) is 14.5. The molecule has 0 saturated heterocycles. The van der Waals surface area contributed by atoms with Crippen molar-refractivity contribution in [3.8, 4) is 11.5 Å². The van der Waals surface area contributed by atoms with E-state index in [4.69, 9.17) is 9.47 Å². The van der Waals surface area contributed by atoms with Gasteiger partial charge in [-0.25, -0.2) is 8.78 Å². The summed E-state index contributed by atoms with van der Waals surface area (Å²) in [5, 5.41) is 0. The fraction of sp³-hybridized carbons (Fsp3) is 0.471. The van der Waals surface area contributed by atoms with Crippen LogP contribution in [0.2, 0.25) is 0 Å². The van der Waals surface area contributed by atoms with Crippen LogP contribution in [0.3, 0.4) is 0 Å². The van der Waals surface area contributed by atoms with Gasteiger partial charge in [-0.05, 0) is 99.6 Å². The summed E-state index contributed by atoms with van der Waals surface area (Å²) in [6.07, 6.45) is 8.16. The van der Waals surface area contributed by atoms with Gasteiger partial charge >= 0.3 is 0 Å². The first kappa shape index (κ1) is 28.0. The van der Waals surface area contributed by atoms with Crippen LogP contribution in [0, 0.1) is 23.5 Å². The van der Waals surface area contributed by atoms with Crippen molar-refractivity contribution >= 4 is 10.9 Å². The summed E-state index contributed by atoms with van der Waals surface area (Å²) < 4.78 is 43.5. The average molecular weight is 552 g/mol. The maximum Gasteiger partial charge on any atom is 0.170 e. The van der Waals surface area contributed by atoms with Gasteiger partial charge in [0.15, 0.2) is 37.8 Å². The van der Waals surface area contributed by atoms with Crippen LogP contribution >= 0.6 is 0 Å². The molecule has 0 N–H and O–H groups in total. The molecular formula is C34H41F2O2S+. The number of rotatable bonds is 9. The summed E-state index contributed by atoms with van der Waals surface area (Å²) in [4.78, 5) is 2.95. The third-order valence-corrected chi connectivity index (χ3v) is 11.1. The van der Waals surface area contributed by atoms with E-state index in [1.807, 2.05) is 42.5 Å². The number of benzene rings is 3. The molecule has 0 radical (unpaired) electrons. The van der Waals surface area contributed by atoms with Crippen LogP contribution in [0.5, 0.6) is 11.5 Å². The molecule has 5 rings (SSSR count). The van der Waals surface area contributed by atoms with Gasteiger partial charge < -0.3 is 9.47 Å². The molecular weight excluding hydrogens is 510 g/mol. The summed E-state index contributed by atoms with van der Waals surface area (Å²) in [6, 6.07) is 20.6. The van der Waals surface area contributed by atoms with Gasteiger partial charge in [0.1, 0.15) is 11.2 Å². The Hall–Kier alpha value is -2.53. The Morgan fingerprint density at radius 1 is 0.590 bits per heavy atom. The Labute approximate surface area is 235 Å². The Morgan fingerprint density at radius 2 is 1.00 bits per heavy atom. The summed E-state index contributed by atoms with van der Waals surface area (Å²) in [6.45, 7) is 8.65. The van der Waals surface area contributed by atoms with E-state index in [0.29, 0.717) is 11.5 Å². The van der Waals surface area contributed by atoms with E-state index in [-0.39, 0.29) is 34.7 Å². The maximum atomic E-state index is 15.2. The second-order valence-electron chi connectivity index (χ2n) is 11.9. The molecule has 2 nitrogen and oxygen atoms in total. The third-order valence-electron chi connectivity index (χ3n) is 8.89. The second-order valence-corrected chi connectivity index (χ2v) is 13.9. The molecule has 2 fully saturated rings. The van der Waals surface area contributed by atoms with Crippen LogP contribution in [-0.4, -0.2) is 11.2 Å². The lowest BCUT2D eigenvalue weighted by Gasteiger charge is -2.34. The van der Waals surface area contributed by atoms with Crippen molar-refractivity contribution in [3.05, 3.63) is 78.4 Å². The number of halogens is 2. The molecule has 5 heteroatoms. The number of hydrogen-bond donors (Lipinski definition) is 0. The van der Waals surface area contributed by atoms with Gasteiger partial charge in [0.25, 0.3) is 0 Å². The van der Waals surface area contributed by atoms with Crippen molar-refractivity contribution in [1.82, 2.24) is 0 Å². The highest BCUT2D eigenvalue weighted by Gasteiger charge is 2.42. The normalized spacial score (nSPS) is 18.3. The predicted molar refractivity (Wildman–Crippen MR) is 155 cm³/mol. The van der Waals surface area contributed by atoms with E-state index < -0.39 is 10.9 Å². The van der Waals surface area contributed by atoms with E-state index in [9.17, 15) is 0 Å². The van der Waals surface area contributed by atoms with Gasteiger partial charge in [-0.3, -0.25) is 0 Å². The van der Waals surface area contributed by atoms with E-state index >= 15 is 8.78 Å². The highest BCUT2D eigenvalue weighted by Crippen LogP contribution is 2.44. The van der Waals surface area contributed by atoms with Crippen LogP contribution in [0.1, 0.15) is 79.1 Å². The monoisotopic (exact) mass is 551 g/mol. The molecule has 0 amide bonds. The van der Waals surface area contributed by atoms with Gasteiger partial charge in [0.2, 0.25) is 0 Å². The zero-order chi connectivity index (χ0) is 27.6. The van der Waals surface area contributed by atoms with Gasteiger partial charge in [0.05, 0.1) is 10.9 Å². The maximum absolute atomic E-state index is 15.2. The molecule has 3 aromatic rings. The zero-order valence-electron chi connectivity index (χ0n) is 23.6. The van der Waals surface area contributed by atoms with Crippen molar-refractivity contribution in [2.24, 2.45) is 11.8 Å². The second kappa shape index (κ2) is 11.5. The summed E-state index contributed by atoms with van der Waals surface area (Å²) >= 11 is 0. The molecule has 0 aliphatic heterocycles. The van der Waals surface area contributed by atoms with Crippen LogP contribution in [0.4, 0.5) is 8.78 Å². The van der Waals surface area contributed by atoms with Crippen molar-refractivity contribution in [2.45, 2.75) is 105 Å².